The normalized spacial score (nSPS) is 14.4. The van der Waals surface area contributed by atoms with E-state index in [1.165, 1.54) is 0 Å². The van der Waals surface area contributed by atoms with Crippen molar-refractivity contribution >= 4 is 11.6 Å². The van der Waals surface area contributed by atoms with Gasteiger partial charge in [0.05, 0.1) is 0 Å². The van der Waals surface area contributed by atoms with Crippen molar-refractivity contribution in [2.75, 3.05) is 38.8 Å². The third kappa shape index (κ3) is 4.53. The monoisotopic (exact) mass is 294 g/mol. The molecule has 0 saturated carbocycles. The van der Waals surface area contributed by atoms with Gasteiger partial charge in [0.2, 0.25) is 5.91 Å². The molecule has 6 nitrogen and oxygen atoms in total. The maximum Gasteiger partial charge on any atom is 0.242 e. The zero-order valence-electron chi connectivity index (χ0n) is 12.5. The molecule has 0 fully saturated rings. The lowest BCUT2D eigenvalue weighted by Gasteiger charge is -2.20. The summed E-state index contributed by atoms with van der Waals surface area (Å²) in [5.74, 6) is 1.41. The van der Waals surface area contributed by atoms with Crippen LogP contribution in [0.1, 0.15) is 13.3 Å². The second kappa shape index (κ2) is 7.73. The minimum atomic E-state index is -0.324. The van der Waals surface area contributed by atoms with Gasteiger partial charge in [-0.25, -0.2) is 0 Å². The van der Waals surface area contributed by atoms with E-state index < -0.39 is 0 Å². The van der Waals surface area contributed by atoms with Crippen LogP contribution in [0.4, 0.5) is 5.69 Å². The molecule has 6 heteroatoms. The van der Waals surface area contributed by atoms with Gasteiger partial charge in [-0.2, -0.15) is 0 Å². The Kier molecular flexibility index (Phi) is 5.68. The minimum Gasteiger partial charge on any atom is -0.486 e. The summed E-state index contributed by atoms with van der Waals surface area (Å²) in [6.07, 6.45) is 0.805. The summed E-state index contributed by atoms with van der Waals surface area (Å²) in [6.45, 7) is 4.19. The van der Waals surface area contributed by atoms with E-state index in [9.17, 15) is 4.79 Å². The molecule has 1 amide bonds. The average Bonchev–Trinajstić information content (AvgIpc) is 2.51. The smallest absolute Gasteiger partial charge is 0.242 e. The van der Waals surface area contributed by atoms with E-state index in [4.69, 9.17) is 14.2 Å². The number of carbonyl (C=O) groups is 1. The number of amides is 1. The van der Waals surface area contributed by atoms with Gasteiger partial charge in [0.25, 0.3) is 0 Å². The summed E-state index contributed by atoms with van der Waals surface area (Å²) < 4.78 is 15.9. The highest BCUT2D eigenvalue weighted by Crippen LogP contribution is 2.32. The number of methoxy groups -OCH3 is 1. The van der Waals surface area contributed by atoms with Crippen molar-refractivity contribution in [1.29, 1.82) is 0 Å². The van der Waals surface area contributed by atoms with Gasteiger partial charge in [0.1, 0.15) is 19.3 Å². The van der Waals surface area contributed by atoms with Gasteiger partial charge >= 0.3 is 0 Å². The first kappa shape index (κ1) is 15.4. The minimum absolute atomic E-state index is 0.0407. The molecule has 2 N–H and O–H groups in total. The number of ether oxygens (including phenoxy) is 3. The van der Waals surface area contributed by atoms with Crippen LogP contribution in [0.25, 0.3) is 0 Å². The Balaban J connectivity index is 1.84. The number of hydrogen-bond donors (Lipinski definition) is 2. The van der Waals surface area contributed by atoms with E-state index in [2.05, 4.69) is 10.6 Å². The van der Waals surface area contributed by atoms with Gasteiger partial charge in [0, 0.05) is 32.0 Å². The number of fused-ring (bicyclic) bond motifs is 1. The number of rotatable bonds is 7. The second-order valence-corrected chi connectivity index (χ2v) is 4.86. The molecule has 1 aliphatic rings. The fourth-order valence-corrected chi connectivity index (χ4v) is 2.03. The number of anilines is 1. The van der Waals surface area contributed by atoms with Gasteiger partial charge in [-0.15, -0.1) is 0 Å². The zero-order chi connectivity index (χ0) is 15.1. The number of benzene rings is 1. The summed E-state index contributed by atoms with van der Waals surface area (Å²) >= 11 is 0. The molecule has 1 aliphatic heterocycles. The zero-order valence-corrected chi connectivity index (χ0v) is 12.5. The van der Waals surface area contributed by atoms with Crippen LogP contribution in [0.5, 0.6) is 11.5 Å². The van der Waals surface area contributed by atoms with E-state index in [1.807, 2.05) is 25.1 Å². The van der Waals surface area contributed by atoms with Crippen molar-refractivity contribution in [3.8, 4) is 11.5 Å². The Morgan fingerprint density at radius 2 is 2.10 bits per heavy atom. The van der Waals surface area contributed by atoms with E-state index in [0.29, 0.717) is 32.1 Å². The first-order valence-electron chi connectivity index (χ1n) is 7.13. The highest BCUT2D eigenvalue weighted by Gasteiger charge is 2.15. The van der Waals surface area contributed by atoms with Gasteiger partial charge in [-0.1, -0.05) is 0 Å². The summed E-state index contributed by atoms with van der Waals surface area (Å²) in [5, 5.41) is 6.02. The van der Waals surface area contributed by atoms with Gasteiger partial charge < -0.3 is 24.8 Å². The molecule has 1 aromatic rings. The van der Waals surface area contributed by atoms with Gasteiger partial charge in [-0.3, -0.25) is 4.79 Å². The first-order valence-corrected chi connectivity index (χ1v) is 7.13. The predicted octanol–water partition coefficient (Wildman–Crippen LogP) is 1.41. The van der Waals surface area contributed by atoms with Crippen LogP contribution in [0.2, 0.25) is 0 Å². The highest BCUT2D eigenvalue weighted by molar-refractivity contribution is 5.84. The fraction of sp³-hybridized carbons (Fsp3) is 0.533. The third-order valence-corrected chi connectivity index (χ3v) is 3.14. The molecule has 1 heterocycles. The maximum atomic E-state index is 11.9. The van der Waals surface area contributed by atoms with Crippen LogP contribution < -0.4 is 20.1 Å². The van der Waals surface area contributed by atoms with Crippen molar-refractivity contribution in [3.05, 3.63) is 18.2 Å². The van der Waals surface area contributed by atoms with Crippen molar-refractivity contribution < 1.29 is 19.0 Å². The summed E-state index contributed by atoms with van der Waals surface area (Å²) in [6, 6.07) is 5.25. The Morgan fingerprint density at radius 3 is 2.86 bits per heavy atom. The number of nitrogens with one attached hydrogen (secondary N) is 2. The molecule has 2 rings (SSSR count). The van der Waals surface area contributed by atoms with E-state index in [-0.39, 0.29) is 11.9 Å². The predicted molar refractivity (Wildman–Crippen MR) is 80.0 cm³/mol. The quantitative estimate of drug-likeness (QED) is 0.744. The third-order valence-electron chi connectivity index (χ3n) is 3.14. The molecule has 1 unspecified atom stereocenters. The molecule has 1 atom stereocenters. The lowest BCUT2D eigenvalue weighted by atomic mass is 10.2. The summed E-state index contributed by atoms with van der Waals surface area (Å²) in [7, 11) is 1.65. The van der Waals surface area contributed by atoms with Crippen molar-refractivity contribution in [1.82, 2.24) is 5.32 Å². The van der Waals surface area contributed by atoms with Crippen molar-refractivity contribution in [3.63, 3.8) is 0 Å². The van der Waals surface area contributed by atoms with Crippen LogP contribution in [-0.4, -0.2) is 45.4 Å². The molecule has 0 aromatic heterocycles. The molecular weight excluding hydrogens is 272 g/mol. The topological polar surface area (TPSA) is 68.8 Å². The summed E-state index contributed by atoms with van der Waals surface area (Å²) in [4.78, 5) is 11.9. The maximum absolute atomic E-state index is 11.9. The van der Waals surface area contributed by atoms with E-state index >= 15 is 0 Å². The van der Waals surface area contributed by atoms with Crippen LogP contribution in [0.15, 0.2) is 18.2 Å². The molecule has 1 aromatic carbocycles. The van der Waals surface area contributed by atoms with E-state index in [0.717, 1.165) is 17.9 Å². The molecule has 0 saturated heterocycles. The van der Waals surface area contributed by atoms with Crippen molar-refractivity contribution in [2.45, 2.75) is 19.4 Å². The SMILES string of the molecule is COCCCNC(=O)C(C)Nc1ccc2c(c1)OCCO2. The molecule has 0 bridgehead atoms. The standard InChI is InChI=1S/C15H22N2O4/c1-11(15(18)16-6-3-7-19-2)17-12-4-5-13-14(10-12)21-9-8-20-13/h4-5,10-11,17H,3,6-9H2,1-2H3,(H,16,18). The van der Waals surface area contributed by atoms with Crippen LogP contribution in [0.3, 0.4) is 0 Å². The Labute approximate surface area is 124 Å². The van der Waals surface area contributed by atoms with E-state index in [1.54, 1.807) is 7.11 Å². The number of carbonyl (C=O) groups excluding carboxylic acids is 1. The van der Waals surface area contributed by atoms with Crippen LogP contribution >= 0.6 is 0 Å². The second-order valence-electron chi connectivity index (χ2n) is 4.86. The van der Waals surface area contributed by atoms with Crippen LogP contribution in [-0.2, 0) is 9.53 Å². The Morgan fingerprint density at radius 1 is 1.33 bits per heavy atom. The molecule has 116 valence electrons. The molecular formula is C15H22N2O4. The first-order chi connectivity index (χ1) is 10.2. The Hall–Kier alpha value is -1.95. The van der Waals surface area contributed by atoms with Crippen LogP contribution in [0, 0.1) is 0 Å². The average molecular weight is 294 g/mol. The molecule has 0 radical (unpaired) electrons. The fourth-order valence-electron chi connectivity index (χ4n) is 2.03. The molecule has 21 heavy (non-hydrogen) atoms. The largest absolute Gasteiger partial charge is 0.486 e. The van der Waals surface area contributed by atoms with Crippen molar-refractivity contribution in [2.24, 2.45) is 0 Å². The summed E-state index contributed by atoms with van der Waals surface area (Å²) in [5.41, 5.74) is 0.832. The molecule has 0 spiro atoms. The van der Waals surface area contributed by atoms with Gasteiger partial charge in [-0.05, 0) is 25.5 Å². The lowest BCUT2D eigenvalue weighted by Crippen LogP contribution is -2.38. The number of hydrogen-bond acceptors (Lipinski definition) is 5. The highest BCUT2D eigenvalue weighted by atomic mass is 16.6. The van der Waals surface area contributed by atoms with Gasteiger partial charge in [0.15, 0.2) is 11.5 Å². The molecule has 0 aliphatic carbocycles. The Bertz CT molecular complexity index is 479. The lowest BCUT2D eigenvalue weighted by molar-refractivity contribution is -0.121.